The van der Waals surface area contributed by atoms with Gasteiger partial charge in [0.1, 0.15) is 17.6 Å². The normalized spacial score (nSPS) is 12.1. The molecule has 3 aromatic carbocycles. The van der Waals surface area contributed by atoms with Crippen molar-refractivity contribution in [2.45, 2.75) is 26.8 Å². The Morgan fingerprint density at radius 2 is 1.94 bits per heavy atom. The minimum atomic E-state index is -1.02. The van der Waals surface area contributed by atoms with Crippen molar-refractivity contribution in [1.29, 1.82) is 0 Å². The van der Waals surface area contributed by atoms with Gasteiger partial charge in [-0.15, -0.1) is 0 Å². The molecule has 0 fully saturated rings. The van der Waals surface area contributed by atoms with Crippen LogP contribution in [0.2, 0.25) is 0 Å². The van der Waals surface area contributed by atoms with Gasteiger partial charge in [0.25, 0.3) is 0 Å². The van der Waals surface area contributed by atoms with Gasteiger partial charge < -0.3 is 15.2 Å². The third kappa shape index (κ3) is 4.91. The number of hydrogen-bond acceptors (Lipinski definition) is 5. The number of fused-ring (bicyclic) bond motifs is 1. The SMILES string of the molecule is CCOc1ccccc1-c1ccc(-c2nc3ccc(F)cc3c(N[C@H](C)C(=O)O)c2C=NC)cc1C. The topological polar surface area (TPSA) is 83.8 Å². The summed E-state index contributed by atoms with van der Waals surface area (Å²) in [5.41, 5.74) is 6.11. The highest BCUT2D eigenvalue weighted by Crippen LogP contribution is 2.37. The molecule has 0 saturated heterocycles. The van der Waals surface area contributed by atoms with Crippen LogP contribution >= 0.6 is 0 Å². The lowest BCUT2D eigenvalue weighted by Gasteiger charge is -2.19. The predicted molar refractivity (Wildman–Crippen MR) is 143 cm³/mol. The van der Waals surface area contributed by atoms with Crippen LogP contribution in [0.3, 0.4) is 0 Å². The standard InChI is InChI=1S/C29H28FN3O3/c1-5-36-26-9-7-6-8-22(26)21-12-10-19(14-17(21)2)27-24(16-31-4)28(32-18(3)29(34)35)23-15-20(30)11-13-25(23)33-27/h6-16,18H,5H2,1-4H3,(H,32,33)(H,34,35)/t18-/m1/s1. The van der Waals surface area contributed by atoms with E-state index in [9.17, 15) is 14.3 Å². The van der Waals surface area contributed by atoms with Crippen molar-refractivity contribution < 1.29 is 19.0 Å². The van der Waals surface area contributed by atoms with E-state index in [2.05, 4.69) is 10.3 Å². The Balaban J connectivity index is 1.93. The molecule has 184 valence electrons. The van der Waals surface area contributed by atoms with Crippen molar-refractivity contribution >= 4 is 28.8 Å². The second-order valence-corrected chi connectivity index (χ2v) is 8.46. The summed E-state index contributed by atoms with van der Waals surface area (Å²) in [6, 6.07) is 17.3. The maximum atomic E-state index is 14.2. The van der Waals surface area contributed by atoms with Crippen LogP contribution in [0.25, 0.3) is 33.3 Å². The van der Waals surface area contributed by atoms with Gasteiger partial charge in [-0.2, -0.15) is 0 Å². The molecule has 6 nitrogen and oxygen atoms in total. The first-order chi connectivity index (χ1) is 17.3. The van der Waals surface area contributed by atoms with Gasteiger partial charge in [-0.3, -0.25) is 9.79 Å². The highest BCUT2D eigenvalue weighted by Gasteiger charge is 2.20. The monoisotopic (exact) mass is 485 g/mol. The summed E-state index contributed by atoms with van der Waals surface area (Å²) < 4.78 is 20.0. The Hall–Kier alpha value is -4.26. The van der Waals surface area contributed by atoms with Crippen LogP contribution in [0.5, 0.6) is 5.75 Å². The maximum absolute atomic E-state index is 14.2. The Labute approximate surface area is 209 Å². The summed E-state index contributed by atoms with van der Waals surface area (Å²) in [5, 5.41) is 13.0. The van der Waals surface area contributed by atoms with Crippen LogP contribution < -0.4 is 10.1 Å². The fourth-order valence-electron chi connectivity index (χ4n) is 4.24. The van der Waals surface area contributed by atoms with Crippen LogP contribution in [0.15, 0.2) is 65.7 Å². The summed E-state index contributed by atoms with van der Waals surface area (Å²) in [7, 11) is 1.63. The molecule has 7 heteroatoms. The number of aliphatic imine (C=N–C) groups is 1. The van der Waals surface area contributed by atoms with Crippen LogP contribution in [0.1, 0.15) is 25.0 Å². The van der Waals surface area contributed by atoms with E-state index in [1.54, 1.807) is 19.3 Å². The number of carbonyl (C=O) groups is 1. The van der Waals surface area contributed by atoms with Crippen molar-refractivity contribution in [2.75, 3.05) is 19.0 Å². The van der Waals surface area contributed by atoms with Crippen LogP contribution in [-0.2, 0) is 4.79 Å². The molecule has 0 amide bonds. The van der Waals surface area contributed by atoms with Gasteiger partial charge >= 0.3 is 5.97 Å². The number of carboxylic acid groups (broad SMARTS) is 1. The third-order valence-electron chi connectivity index (χ3n) is 5.95. The van der Waals surface area contributed by atoms with E-state index in [1.165, 1.54) is 19.1 Å². The number of pyridine rings is 1. The molecule has 1 heterocycles. The summed E-state index contributed by atoms with van der Waals surface area (Å²) in [6.45, 7) is 6.09. The molecule has 0 unspecified atom stereocenters. The van der Waals surface area contributed by atoms with Crippen LogP contribution in [0.4, 0.5) is 10.1 Å². The zero-order valence-electron chi connectivity index (χ0n) is 20.7. The fourth-order valence-corrected chi connectivity index (χ4v) is 4.24. The van der Waals surface area contributed by atoms with Crippen molar-refractivity contribution in [3.8, 4) is 28.1 Å². The molecule has 0 saturated carbocycles. The number of halogens is 1. The molecule has 0 aliphatic rings. The molecule has 36 heavy (non-hydrogen) atoms. The number of benzene rings is 3. The molecule has 1 aromatic heterocycles. The first-order valence-corrected chi connectivity index (χ1v) is 11.7. The fraction of sp³-hybridized carbons (Fsp3) is 0.207. The van der Waals surface area contributed by atoms with Crippen molar-refractivity contribution in [2.24, 2.45) is 4.99 Å². The van der Waals surface area contributed by atoms with Gasteiger partial charge in [0.05, 0.1) is 23.5 Å². The van der Waals surface area contributed by atoms with E-state index in [4.69, 9.17) is 9.72 Å². The minimum absolute atomic E-state index is 0.435. The van der Waals surface area contributed by atoms with Gasteiger partial charge in [0.2, 0.25) is 0 Å². The van der Waals surface area contributed by atoms with Crippen molar-refractivity contribution in [1.82, 2.24) is 4.98 Å². The number of nitrogens with one attached hydrogen (secondary N) is 1. The van der Waals surface area contributed by atoms with Crippen LogP contribution in [-0.4, -0.2) is 42.0 Å². The van der Waals surface area contributed by atoms with Gasteiger partial charge in [-0.1, -0.05) is 30.3 Å². The molecular formula is C29H28FN3O3. The largest absolute Gasteiger partial charge is 0.493 e. The lowest BCUT2D eigenvalue weighted by Crippen LogP contribution is -2.26. The molecule has 4 aromatic rings. The second kappa shape index (κ2) is 10.6. The highest BCUT2D eigenvalue weighted by molar-refractivity contribution is 6.07. The van der Waals surface area contributed by atoms with Gasteiger partial charge in [0.15, 0.2) is 0 Å². The Morgan fingerprint density at radius 1 is 1.17 bits per heavy atom. The van der Waals surface area contributed by atoms with Gasteiger partial charge in [0, 0.05) is 35.3 Å². The highest BCUT2D eigenvalue weighted by atomic mass is 19.1. The molecular weight excluding hydrogens is 457 g/mol. The summed E-state index contributed by atoms with van der Waals surface area (Å²) in [6.07, 6.45) is 1.62. The Kier molecular flexibility index (Phi) is 7.29. The number of anilines is 1. The average Bonchev–Trinajstić information content (AvgIpc) is 2.86. The number of aliphatic carboxylic acids is 1. The quantitative estimate of drug-likeness (QED) is 0.284. The molecule has 0 bridgehead atoms. The summed E-state index contributed by atoms with van der Waals surface area (Å²) in [5.74, 6) is -0.643. The van der Waals surface area contributed by atoms with E-state index in [0.29, 0.717) is 34.5 Å². The average molecular weight is 486 g/mol. The van der Waals surface area contributed by atoms with Crippen molar-refractivity contribution in [3.63, 3.8) is 0 Å². The van der Waals surface area contributed by atoms with Crippen LogP contribution in [0, 0.1) is 12.7 Å². The zero-order valence-corrected chi connectivity index (χ0v) is 20.7. The summed E-state index contributed by atoms with van der Waals surface area (Å²) >= 11 is 0. The second-order valence-electron chi connectivity index (χ2n) is 8.46. The third-order valence-corrected chi connectivity index (χ3v) is 5.95. The first-order valence-electron chi connectivity index (χ1n) is 11.7. The summed E-state index contributed by atoms with van der Waals surface area (Å²) in [4.78, 5) is 20.7. The number of para-hydroxylation sites is 1. The number of ether oxygens (including phenoxy) is 1. The van der Waals surface area contributed by atoms with E-state index in [0.717, 1.165) is 28.0 Å². The molecule has 2 N–H and O–H groups in total. The molecule has 0 spiro atoms. The smallest absolute Gasteiger partial charge is 0.325 e. The molecule has 4 rings (SSSR count). The first kappa shape index (κ1) is 24.9. The Morgan fingerprint density at radius 3 is 2.64 bits per heavy atom. The minimum Gasteiger partial charge on any atom is -0.493 e. The van der Waals surface area contributed by atoms with Gasteiger partial charge in [-0.05, 0) is 62.2 Å². The Bertz CT molecular complexity index is 1470. The molecule has 0 aliphatic heterocycles. The lowest BCUT2D eigenvalue weighted by atomic mass is 9.94. The molecule has 0 radical (unpaired) electrons. The number of aromatic nitrogens is 1. The van der Waals surface area contributed by atoms with E-state index < -0.39 is 17.8 Å². The maximum Gasteiger partial charge on any atom is 0.325 e. The predicted octanol–water partition coefficient (Wildman–Crippen LogP) is 6.35. The number of nitrogens with zero attached hydrogens (tertiary/aromatic N) is 2. The number of aryl methyl sites for hydroxylation is 1. The van der Waals surface area contributed by atoms with E-state index >= 15 is 0 Å². The van der Waals surface area contributed by atoms with E-state index in [-0.39, 0.29) is 0 Å². The number of hydrogen-bond donors (Lipinski definition) is 2. The lowest BCUT2D eigenvalue weighted by molar-refractivity contribution is -0.137. The number of carboxylic acids is 1. The van der Waals surface area contributed by atoms with Crippen molar-refractivity contribution in [3.05, 3.63) is 77.6 Å². The zero-order chi connectivity index (χ0) is 25.8. The van der Waals surface area contributed by atoms with E-state index in [1.807, 2.05) is 56.3 Å². The molecule has 1 atom stereocenters. The van der Waals surface area contributed by atoms with Gasteiger partial charge in [-0.25, -0.2) is 9.37 Å². The molecule has 0 aliphatic carbocycles. The number of rotatable bonds is 8.